The molecule has 2 aromatic rings. The fourth-order valence-corrected chi connectivity index (χ4v) is 2.36. The molecule has 2 rings (SSSR count). The van der Waals surface area contributed by atoms with Gasteiger partial charge in [-0.25, -0.2) is 0 Å². The van der Waals surface area contributed by atoms with Crippen LogP contribution in [0.15, 0.2) is 48.0 Å². The Kier molecular flexibility index (Phi) is 5.21. The first kappa shape index (κ1) is 16.1. The number of carbonyl (C=O) groups is 1. The Balaban J connectivity index is 2.46. The molecule has 110 valence electrons. The fraction of sp³-hybridized carbons (Fsp3) is 0.0588. The van der Waals surface area contributed by atoms with Crippen LogP contribution in [0.2, 0.25) is 10.0 Å². The van der Waals surface area contributed by atoms with Gasteiger partial charge in [0.25, 0.3) is 0 Å². The average Bonchev–Trinajstić information content (AvgIpc) is 2.53. The van der Waals surface area contributed by atoms with Crippen molar-refractivity contribution < 1.29 is 9.53 Å². The van der Waals surface area contributed by atoms with Crippen LogP contribution < -0.4 is 4.74 Å². The van der Waals surface area contributed by atoms with E-state index in [4.69, 9.17) is 27.9 Å². The number of methoxy groups -OCH3 is 1. The van der Waals surface area contributed by atoms with Gasteiger partial charge in [0, 0.05) is 10.0 Å². The first-order valence-electron chi connectivity index (χ1n) is 6.31. The van der Waals surface area contributed by atoms with Crippen LogP contribution in [0.5, 0.6) is 5.75 Å². The minimum absolute atomic E-state index is 0.0336. The van der Waals surface area contributed by atoms with Gasteiger partial charge in [0.2, 0.25) is 5.78 Å². The number of hydrogen-bond donors (Lipinski definition) is 0. The quantitative estimate of drug-likeness (QED) is 0.459. The largest absolute Gasteiger partial charge is 0.496 e. The lowest BCUT2D eigenvalue weighted by Crippen LogP contribution is -2.04. The molecule has 0 saturated heterocycles. The molecule has 22 heavy (non-hydrogen) atoms. The molecule has 0 radical (unpaired) electrons. The van der Waals surface area contributed by atoms with Gasteiger partial charge in [-0.2, -0.15) is 5.26 Å². The number of benzene rings is 2. The molecule has 0 atom stereocenters. The number of ether oxygens (including phenoxy) is 1. The lowest BCUT2D eigenvalue weighted by molar-refractivity contribution is 0.103. The van der Waals surface area contributed by atoms with E-state index in [1.807, 2.05) is 6.07 Å². The maximum Gasteiger partial charge on any atom is 0.207 e. The van der Waals surface area contributed by atoms with Crippen molar-refractivity contribution >= 4 is 35.1 Å². The van der Waals surface area contributed by atoms with Gasteiger partial charge in [-0.3, -0.25) is 4.79 Å². The average molecular weight is 332 g/mol. The number of carbonyl (C=O) groups excluding carboxylic acids is 1. The van der Waals surface area contributed by atoms with E-state index < -0.39 is 5.78 Å². The third kappa shape index (κ3) is 3.48. The summed E-state index contributed by atoms with van der Waals surface area (Å²) in [5.74, 6) is -0.0122. The monoisotopic (exact) mass is 331 g/mol. The first-order chi connectivity index (χ1) is 10.6. The third-order valence-electron chi connectivity index (χ3n) is 2.98. The van der Waals surface area contributed by atoms with Crippen LogP contribution in [0.25, 0.3) is 6.08 Å². The number of halogens is 2. The van der Waals surface area contributed by atoms with Gasteiger partial charge in [-0.05, 0) is 35.9 Å². The van der Waals surface area contributed by atoms with Crippen molar-refractivity contribution in [1.29, 1.82) is 5.26 Å². The zero-order valence-electron chi connectivity index (χ0n) is 11.6. The van der Waals surface area contributed by atoms with E-state index in [1.54, 1.807) is 42.5 Å². The van der Waals surface area contributed by atoms with Gasteiger partial charge in [0.1, 0.15) is 17.4 Å². The predicted octanol–water partition coefficient (Wildman–Crippen LogP) is 4.79. The van der Waals surface area contributed by atoms with Crippen molar-refractivity contribution in [3.8, 4) is 11.8 Å². The third-order valence-corrected chi connectivity index (χ3v) is 3.54. The fourth-order valence-electron chi connectivity index (χ4n) is 1.90. The Hall–Kier alpha value is -2.28. The molecule has 0 aliphatic carbocycles. The molecule has 0 aliphatic rings. The summed E-state index contributed by atoms with van der Waals surface area (Å²) >= 11 is 11.9. The molecule has 0 saturated carbocycles. The second kappa shape index (κ2) is 7.13. The number of allylic oxidation sites excluding steroid dienone is 1. The Morgan fingerprint density at radius 1 is 1.23 bits per heavy atom. The van der Waals surface area contributed by atoms with Gasteiger partial charge in [0.05, 0.1) is 12.7 Å². The number of Topliss-reactive ketones (excluding diaryl/α,β-unsaturated/α-hetero) is 1. The Bertz CT molecular complexity index is 791. The van der Waals surface area contributed by atoms with Crippen LogP contribution in [0, 0.1) is 11.3 Å². The van der Waals surface area contributed by atoms with Gasteiger partial charge in [-0.15, -0.1) is 0 Å². The van der Waals surface area contributed by atoms with Gasteiger partial charge >= 0.3 is 0 Å². The van der Waals surface area contributed by atoms with Crippen LogP contribution >= 0.6 is 23.2 Å². The summed E-state index contributed by atoms with van der Waals surface area (Å²) in [6.45, 7) is 0. The van der Waals surface area contributed by atoms with Crippen LogP contribution in [-0.2, 0) is 0 Å². The van der Waals surface area contributed by atoms with Crippen molar-refractivity contribution in [2.45, 2.75) is 0 Å². The highest BCUT2D eigenvalue weighted by Crippen LogP contribution is 2.25. The second-order valence-corrected chi connectivity index (χ2v) is 5.21. The summed E-state index contributed by atoms with van der Waals surface area (Å²) in [7, 11) is 1.47. The lowest BCUT2D eigenvalue weighted by atomic mass is 10.0. The summed E-state index contributed by atoms with van der Waals surface area (Å²) < 4.78 is 5.15. The minimum atomic E-state index is -0.425. The first-order valence-corrected chi connectivity index (χ1v) is 7.07. The number of hydrogen-bond acceptors (Lipinski definition) is 3. The number of rotatable bonds is 4. The molecular formula is C17H11Cl2NO2. The highest BCUT2D eigenvalue weighted by molar-refractivity contribution is 6.35. The number of nitrogens with zero attached hydrogens (tertiary/aromatic N) is 1. The number of ketones is 1. The second-order valence-electron chi connectivity index (χ2n) is 4.37. The summed E-state index contributed by atoms with van der Waals surface area (Å²) in [5.41, 5.74) is 0.836. The van der Waals surface area contributed by atoms with Crippen molar-refractivity contribution in [2.24, 2.45) is 0 Å². The highest BCUT2D eigenvalue weighted by atomic mass is 35.5. The summed E-state index contributed by atoms with van der Waals surface area (Å²) in [6.07, 6.45) is 1.44. The van der Waals surface area contributed by atoms with Crippen LogP contribution in [0.3, 0.4) is 0 Å². The normalized spacial score (nSPS) is 10.9. The molecule has 2 aromatic carbocycles. The van der Waals surface area contributed by atoms with E-state index >= 15 is 0 Å². The van der Waals surface area contributed by atoms with Crippen LogP contribution in [0.4, 0.5) is 0 Å². The molecule has 0 fully saturated rings. The maximum absolute atomic E-state index is 12.5. The molecule has 0 aliphatic heterocycles. The molecule has 0 heterocycles. The molecule has 0 spiro atoms. The standard InChI is InChI=1S/C17H11Cl2NO2/c1-22-16-5-3-2-4-14(16)17(21)12(10-20)8-11-6-7-13(18)9-15(11)19/h2-9H,1H3/b12-8+. The lowest BCUT2D eigenvalue weighted by Gasteiger charge is -2.06. The molecule has 3 nitrogen and oxygen atoms in total. The van der Waals surface area contributed by atoms with Crippen molar-refractivity contribution in [1.82, 2.24) is 0 Å². The zero-order valence-corrected chi connectivity index (χ0v) is 13.2. The van der Waals surface area contributed by atoms with E-state index in [0.717, 1.165) is 0 Å². The van der Waals surface area contributed by atoms with E-state index in [9.17, 15) is 10.1 Å². The molecule has 0 N–H and O–H groups in total. The molecular weight excluding hydrogens is 321 g/mol. The van der Waals surface area contributed by atoms with E-state index in [1.165, 1.54) is 13.2 Å². The van der Waals surface area contributed by atoms with Crippen molar-refractivity contribution in [3.63, 3.8) is 0 Å². The smallest absolute Gasteiger partial charge is 0.207 e. The minimum Gasteiger partial charge on any atom is -0.496 e. The van der Waals surface area contributed by atoms with E-state index in [0.29, 0.717) is 26.9 Å². The SMILES string of the molecule is COc1ccccc1C(=O)/C(C#N)=C/c1ccc(Cl)cc1Cl. The number of para-hydroxylation sites is 1. The Morgan fingerprint density at radius 3 is 2.59 bits per heavy atom. The highest BCUT2D eigenvalue weighted by Gasteiger charge is 2.16. The predicted molar refractivity (Wildman–Crippen MR) is 87.4 cm³/mol. The molecule has 0 amide bonds. The van der Waals surface area contributed by atoms with E-state index in [-0.39, 0.29) is 5.57 Å². The van der Waals surface area contributed by atoms with Gasteiger partial charge < -0.3 is 4.74 Å². The molecule has 5 heteroatoms. The van der Waals surface area contributed by atoms with Crippen molar-refractivity contribution in [3.05, 3.63) is 69.2 Å². The maximum atomic E-state index is 12.5. The van der Waals surface area contributed by atoms with Gasteiger partial charge in [-0.1, -0.05) is 41.4 Å². The van der Waals surface area contributed by atoms with Crippen LogP contribution in [-0.4, -0.2) is 12.9 Å². The van der Waals surface area contributed by atoms with E-state index in [2.05, 4.69) is 0 Å². The zero-order chi connectivity index (χ0) is 16.1. The molecule has 0 unspecified atom stereocenters. The summed E-state index contributed by atoms with van der Waals surface area (Å²) in [6, 6.07) is 13.5. The number of nitriles is 1. The summed E-state index contributed by atoms with van der Waals surface area (Å²) in [5, 5.41) is 10.1. The molecule has 0 bridgehead atoms. The Labute approximate surface area is 138 Å². The van der Waals surface area contributed by atoms with Gasteiger partial charge in [0.15, 0.2) is 0 Å². The van der Waals surface area contributed by atoms with Crippen LogP contribution in [0.1, 0.15) is 15.9 Å². The molecule has 0 aromatic heterocycles. The topological polar surface area (TPSA) is 50.1 Å². The summed E-state index contributed by atoms with van der Waals surface area (Å²) in [4.78, 5) is 12.5. The Morgan fingerprint density at radius 2 is 1.95 bits per heavy atom. The van der Waals surface area contributed by atoms with Crippen molar-refractivity contribution in [2.75, 3.05) is 7.11 Å².